The van der Waals surface area contributed by atoms with Crippen molar-refractivity contribution in [3.05, 3.63) is 71.2 Å². The van der Waals surface area contributed by atoms with Crippen molar-refractivity contribution in [3.8, 4) is 22.9 Å². The van der Waals surface area contributed by atoms with Gasteiger partial charge in [-0.3, -0.25) is 4.90 Å². The lowest BCUT2D eigenvalue weighted by Crippen LogP contribution is -2.25. The molecule has 3 heterocycles. The maximum Gasteiger partial charge on any atom is 0.316 e. The number of hydrogen-bond acceptors (Lipinski definition) is 6. The first kappa shape index (κ1) is 18.9. The fraction of sp³-hybridized carbons (Fsp3) is 0.217. The van der Waals surface area contributed by atoms with E-state index in [2.05, 4.69) is 27.0 Å². The minimum Gasteiger partial charge on any atom is -0.490 e. The van der Waals surface area contributed by atoms with Crippen LogP contribution in [0.4, 0.5) is 0 Å². The second kappa shape index (κ2) is 7.97. The quantitative estimate of drug-likeness (QED) is 0.465. The van der Waals surface area contributed by atoms with Crippen molar-refractivity contribution < 1.29 is 13.9 Å². The van der Waals surface area contributed by atoms with E-state index in [1.807, 2.05) is 24.3 Å². The van der Waals surface area contributed by atoms with Crippen molar-refractivity contribution in [1.29, 1.82) is 0 Å². The highest BCUT2D eigenvalue weighted by molar-refractivity contribution is 6.32. The standard InChI is InChI=1S/C23H20ClN3O3/c1-28-23-25-10-15(11-26-23)12-27-6-7-29-22-17(13-27)8-16(9-20(22)24)19-14-30-21-5-3-2-4-18(19)21/h2-5,8-11,14H,6-7,12-13H2,1H3. The SMILES string of the molecule is COc1ncc(CN2CCOc3c(Cl)cc(-c4coc5ccccc45)cc3C2)cn1. The number of ether oxygens (including phenoxy) is 2. The molecule has 0 aliphatic carbocycles. The van der Waals surface area contributed by atoms with E-state index < -0.39 is 0 Å². The number of fused-ring (bicyclic) bond motifs is 2. The van der Waals surface area contributed by atoms with E-state index in [1.165, 1.54) is 0 Å². The summed E-state index contributed by atoms with van der Waals surface area (Å²) in [5.74, 6) is 0.752. The highest BCUT2D eigenvalue weighted by atomic mass is 35.5. The molecule has 1 aliphatic rings. The normalized spacial score (nSPS) is 14.2. The minimum atomic E-state index is 0.368. The van der Waals surface area contributed by atoms with E-state index in [-0.39, 0.29) is 0 Å². The molecule has 0 radical (unpaired) electrons. The predicted octanol–water partition coefficient (Wildman–Crippen LogP) is 4.95. The van der Waals surface area contributed by atoms with Gasteiger partial charge in [-0.2, -0.15) is 0 Å². The van der Waals surface area contributed by atoms with Crippen LogP contribution in [0.15, 0.2) is 59.5 Å². The maximum atomic E-state index is 6.62. The van der Waals surface area contributed by atoms with Gasteiger partial charge in [-0.15, -0.1) is 0 Å². The Balaban J connectivity index is 1.46. The van der Waals surface area contributed by atoms with Gasteiger partial charge in [-0.1, -0.05) is 29.8 Å². The van der Waals surface area contributed by atoms with Gasteiger partial charge in [0.1, 0.15) is 17.9 Å². The summed E-state index contributed by atoms with van der Waals surface area (Å²) in [5.41, 5.74) is 4.96. The number of halogens is 1. The van der Waals surface area contributed by atoms with Crippen molar-refractivity contribution in [2.45, 2.75) is 13.1 Å². The molecule has 6 nitrogen and oxygen atoms in total. The molecule has 2 aromatic carbocycles. The third-order valence-electron chi connectivity index (χ3n) is 5.23. The monoisotopic (exact) mass is 421 g/mol. The molecule has 2 aromatic heterocycles. The van der Waals surface area contributed by atoms with Gasteiger partial charge in [-0.25, -0.2) is 9.97 Å². The van der Waals surface area contributed by atoms with Crippen LogP contribution < -0.4 is 9.47 Å². The second-order valence-corrected chi connectivity index (χ2v) is 7.64. The number of nitrogens with zero attached hydrogens (tertiary/aromatic N) is 3. The third kappa shape index (κ3) is 3.60. The van der Waals surface area contributed by atoms with Crippen molar-refractivity contribution in [3.63, 3.8) is 0 Å². The van der Waals surface area contributed by atoms with Crippen LogP contribution in [0.5, 0.6) is 11.8 Å². The van der Waals surface area contributed by atoms with Crippen molar-refractivity contribution in [2.24, 2.45) is 0 Å². The number of furan rings is 1. The molecule has 0 saturated carbocycles. The molecule has 7 heteroatoms. The zero-order chi connectivity index (χ0) is 20.5. The van der Waals surface area contributed by atoms with E-state index in [4.69, 9.17) is 25.5 Å². The fourth-order valence-electron chi connectivity index (χ4n) is 3.81. The number of aromatic nitrogens is 2. The largest absolute Gasteiger partial charge is 0.490 e. The van der Waals surface area contributed by atoms with Crippen molar-refractivity contribution >= 4 is 22.6 Å². The molecule has 0 N–H and O–H groups in total. The molecule has 4 aromatic rings. The molecule has 5 rings (SSSR count). The van der Waals surface area contributed by atoms with E-state index in [0.29, 0.717) is 30.7 Å². The van der Waals surface area contributed by atoms with Gasteiger partial charge in [0.2, 0.25) is 0 Å². The first-order valence-electron chi connectivity index (χ1n) is 9.70. The molecule has 152 valence electrons. The Kier molecular flexibility index (Phi) is 5.02. The van der Waals surface area contributed by atoms with Crippen LogP contribution in [0.25, 0.3) is 22.1 Å². The minimum absolute atomic E-state index is 0.368. The third-order valence-corrected chi connectivity index (χ3v) is 5.51. The number of rotatable bonds is 4. The van der Waals surface area contributed by atoms with Crippen molar-refractivity contribution in [1.82, 2.24) is 14.9 Å². The van der Waals surface area contributed by atoms with E-state index >= 15 is 0 Å². The van der Waals surface area contributed by atoms with Crippen LogP contribution in [0.3, 0.4) is 0 Å². The Labute approximate surface area is 179 Å². The zero-order valence-electron chi connectivity index (χ0n) is 16.5. The lowest BCUT2D eigenvalue weighted by atomic mass is 10.0. The highest BCUT2D eigenvalue weighted by Crippen LogP contribution is 2.39. The van der Waals surface area contributed by atoms with Crippen molar-refractivity contribution in [2.75, 3.05) is 20.3 Å². The summed E-state index contributed by atoms with van der Waals surface area (Å²) in [6.45, 7) is 2.77. The number of benzene rings is 2. The molecule has 0 spiro atoms. The molecular weight excluding hydrogens is 402 g/mol. The Hall–Kier alpha value is -3.09. The van der Waals surface area contributed by atoms with E-state index in [1.54, 1.807) is 25.8 Å². The van der Waals surface area contributed by atoms with Gasteiger partial charge < -0.3 is 13.9 Å². The van der Waals surface area contributed by atoms with Crippen LogP contribution in [0.2, 0.25) is 5.02 Å². The van der Waals surface area contributed by atoms with Crippen LogP contribution in [0, 0.1) is 0 Å². The van der Waals surface area contributed by atoms with Gasteiger partial charge in [0.25, 0.3) is 0 Å². The molecule has 0 saturated heterocycles. The molecule has 0 unspecified atom stereocenters. The Morgan fingerprint density at radius 1 is 1.17 bits per heavy atom. The summed E-state index contributed by atoms with van der Waals surface area (Å²) in [6, 6.07) is 12.5. The van der Waals surface area contributed by atoms with Gasteiger partial charge in [0.05, 0.1) is 18.4 Å². The topological polar surface area (TPSA) is 60.6 Å². The van der Waals surface area contributed by atoms with Crippen LogP contribution in [-0.4, -0.2) is 35.1 Å². The summed E-state index contributed by atoms with van der Waals surface area (Å²) < 4.78 is 16.8. The molecule has 1 aliphatic heterocycles. The number of hydrogen-bond donors (Lipinski definition) is 0. The molecule has 0 amide bonds. The predicted molar refractivity (Wildman–Crippen MR) is 115 cm³/mol. The Morgan fingerprint density at radius 2 is 2.00 bits per heavy atom. The lowest BCUT2D eigenvalue weighted by molar-refractivity contribution is 0.219. The van der Waals surface area contributed by atoms with Gasteiger partial charge in [0, 0.05) is 54.1 Å². The average molecular weight is 422 g/mol. The number of methoxy groups -OCH3 is 1. The summed E-state index contributed by atoms with van der Waals surface area (Å²) in [5, 5.41) is 1.68. The molecule has 0 atom stereocenters. The number of para-hydroxylation sites is 1. The van der Waals surface area contributed by atoms with E-state index in [9.17, 15) is 0 Å². The lowest BCUT2D eigenvalue weighted by Gasteiger charge is -2.19. The summed E-state index contributed by atoms with van der Waals surface area (Å²) in [6.07, 6.45) is 5.37. The molecule has 30 heavy (non-hydrogen) atoms. The maximum absolute atomic E-state index is 6.62. The summed E-state index contributed by atoms with van der Waals surface area (Å²) in [7, 11) is 1.56. The fourth-order valence-corrected chi connectivity index (χ4v) is 4.10. The van der Waals surface area contributed by atoms with Gasteiger partial charge in [0.15, 0.2) is 0 Å². The van der Waals surface area contributed by atoms with Gasteiger partial charge in [-0.05, 0) is 23.8 Å². The van der Waals surface area contributed by atoms with Crippen LogP contribution in [0.1, 0.15) is 11.1 Å². The smallest absolute Gasteiger partial charge is 0.316 e. The Bertz CT molecular complexity index is 1190. The summed E-state index contributed by atoms with van der Waals surface area (Å²) in [4.78, 5) is 10.7. The zero-order valence-corrected chi connectivity index (χ0v) is 17.2. The highest BCUT2D eigenvalue weighted by Gasteiger charge is 2.21. The van der Waals surface area contributed by atoms with Gasteiger partial charge >= 0.3 is 6.01 Å². The van der Waals surface area contributed by atoms with Crippen LogP contribution >= 0.6 is 11.6 Å². The molecular formula is C23H20ClN3O3. The average Bonchev–Trinajstić information content (AvgIpc) is 3.09. The summed E-state index contributed by atoms with van der Waals surface area (Å²) >= 11 is 6.62. The first-order valence-corrected chi connectivity index (χ1v) is 10.1. The Morgan fingerprint density at radius 3 is 2.83 bits per heavy atom. The molecule has 0 fully saturated rings. The second-order valence-electron chi connectivity index (χ2n) is 7.23. The first-order chi connectivity index (χ1) is 14.7. The molecule has 0 bridgehead atoms. The van der Waals surface area contributed by atoms with Crippen LogP contribution in [-0.2, 0) is 13.1 Å². The van der Waals surface area contributed by atoms with E-state index in [0.717, 1.165) is 45.5 Å².